The summed E-state index contributed by atoms with van der Waals surface area (Å²) in [5, 5.41) is 4.65. The summed E-state index contributed by atoms with van der Waals surface area (Å²) in [5.41, 5.74) is 10.8. The fourth-order valence-electron chi connectivity index (χ4n) is 9.63. The van der Waals surface area contributed by atoms with Crippen LogP contribution in [0.15, 0.2) is 187 Å². The number of allylic oxidation sites excluding steroid dienone is 9. The molecule has 4 unspecified atom stereocenters. The van der Waals surface area contributed by atoms with Crippen LogP contribution < -0.4 is 20.2 Å². The second-order valence-corrected chi connectivity index (χ2v) is 19.4. The van der Waals surface area contributed by atoms with E-state index in [1.54, 1.807) is 5.20 Å². The van der Waals surface area contributed by atoms with Crippen molar-refractivity contribution in [2.24, 2.45) is 0 Å². The number of anilines is 4. The summed E-state index contributed by atoms with van der Waals surface area (Å²) < 4.78 is 0. The average Bonchev–Trinajstić information content (AvgIpc) is 3.55. The first-order valence-electron chi connectivity index (χ1n) is 19.5. The van der Waals surface area contributed by atoms with Crippen molar-refractivity contribution in [3.63, 3.8) is 0 Å². The van der Waals surface area contributed by atoms with Gasteiger partial charge in [0, 0.05) is 34.4 Å². The van der Waals surface area contributed by atoms with E-state index in [0.29, 0.717) is 17.5 Å². The Morgan fingerprint density at radius 3 is 1.79 bits per heavy atom. The van der Waals surface area contributed by atoms with E-state index in [0.717, 1.165) is 32.1 Å². The van der Waals surface area contributed by atoms with E-state index < -0.39 is 8.07 Å². The molecule has 0 saturated heterocycles. The molecule has 0 aromatic heterocycles. The molecule has 1 aliphatic heterocycles. The van der Waals surface area contributed by atoms with Gasteiger partial charge >= 0.3 is 0 Å². The number of aryl methyl sites for hydroxylation is 2. The van der Waals surface area contributed by atoms with E-state index >= 15 is 0 Å². The number of nitrogens with zero attached hydrogens (tertiary/aromatic N) is 2. The van der Waals surface area contributed by atoms with Crippen molar-refractivity contribution < 1.29 is 0 Å². The number of benzene rings is 5. The smallest absolute Gasteiger partial charge is 0.151 e. The Morgan fingerprint density at radius 2 is 1.17 bits per heavy atom. The summed E-state index contributed by atoms with van der Waals surface area (Å²) in [7, 11) is -2.56. The molecule has 0 fully saturated rings. The van der Waals surface area contributed by atoms with Crippen LogP contribution in [-0.2, 0) is 0 Å². The van der Waals surface area contributed by atoms with Crippen molar-refractivity contribution in [3.8, 4) is 0 Å². The molecule has 53 heavy (non-hydrogen) atoms. The number of fused-ring (bicyclic) bond motifs is 3. The third kappa shape index (κ3) is 5.98. The maximum Gasteiger partial charge on any atom is 0.151 e. The van der Waals surface area contributed by atoms with Gasteiger partial charge in [-0.2, -0.15) is 0 Å². The van der Waals surface area contributed by atoms with E-state index in [4.69, 9.17) is 0 Å². The Morgan fingerprint density at radius 1 is 0.585 bits per heavy atom. The first kappa shape index (κ1) is 33.5. The molecule has 1 heterocycles. The molecule has 4 atom stereocenters. The Bertz CT molecular complexity index is 2200. The monoisotopic (exact) mass is 704 g/mol. The molecule has 9 rings (SSSR count). The molecule has 0 spiro atoms. The zero-order valence-electron chi connectivity index (χ0n) is 30.9. The SMILES string of the molecule is Cc1ccc(N(c2ccc(C)cc2)c2ccc([Si](C3=CC=CCC3)(c3ccccc3)C3C=CC4C(C3)c3ccccc3N4C3=CC=CCC3)cc2)cc1. The normalized spacial score (nSPS) is 21.3. The Hall–Kier alpha value is -5.38. The van der Waals surface area contributed by atoms with Gasteiger partial charge in [0.05, 0.1) is 6.04 Å². The zero-order valence-corrected chi connectivity index (χ0v) is 31.9. The minimum absolute atomic E-state index is 0.351. The van der Waals surface area contributed by atoms with Gasteiger partial charge in [-0.3, -0.25) is 0 Å². The zero-order chi connectivity index (χ0) is 35.8. The summed E-state index contributed by atoms with van der Waals surface area (Å²) >= 11 is 0. The van der Waals surface area contributed by atoms with Crippen LogP contribution in [0.5, 0.6) is 0 Å². The second-order valence-electron chi connectivity index (χ2n) is 15.3. The third-order valence-corrected chi connectivity index (χ3v) is 17.6. The maximum atomic E-state index is 2.67. The van der Waals surface area contributed by atoms with Crippen LogP contribution in [0.3, 0.4) is 0 Å². The van der Waals surface area contributed by atoms with Gasteiger partial charge < -0.3 is 9.80 Å². The van der Waals surface area contributed by atoms with Crippen molar-refractivity contribution >= 4 is 41.2 Å². The van der Waals surface area contributed by atoms with Gasteiger partial charge in [0.1, 0.15) is 0 Å². The average molecular weight is 705 g/mol. The van der Waals surface area contributed by atoms with Gasteiger partial charge in [0.15, 0.2) is 8.07 Å². The summed E-state index contributed by atoms with van der Waals surface area (Å²) in [6.45, 7) is 4.32. The fourth-order valence-corrected chi connectivity index (χ4v) is 15.4. The lowest BCUT2D eigenvalue weighted by Gasteiger charge is -2.45. The molecule has 5 aromatic carbocycles. The molecule has 262 valence electrons. The molecule has 0 amide bonds. The topological polar surface area (TPSA) is 6.48 Å². The Balaban J connectivity index is 1.19. The van der Waals surface area contributed by atoms with Crippen molar-refractivity contribution in [1.29, 1.82) is 0 Å². The highest BCUT2D eigenvalue weighted by Crippen LogP contribution is 2.53. The molecule has 0 saturated carbocycles. The first-order valence-corrected chi connectivity index (χ1v) is 21.6. The highest BCUT2D eigenvalue weighted by molar-refractivity contribution is 7.08. The van der Waals surface area contributed by atoms with E-state index in [1.165, 1.54) is 55.5 Å². The lowest BCUT2D eigenvalue weighted by atomic mass is 9.86. The minimum Gasteiger partial charge on any atom is -0.337 e. The summed E-state index contributed by atoms with van der Waals surface area (Å²) in [5.74, 6) is 0.446. The first-order chi connectivity index (χ1) is 26.1. The molecule has 4 aliphatic rings. The van der Waals surface area contributed by atoms with Crippen LogP contribution in [0.2, 0.25) is 5.54 Å². The summed E-state index contributed by atoms with van der Waals surface area (Å²) in [6, 6.07) is 48.8. The number of para-hydroxylation sites is 1. The van der Waals surface area contributed by atoms with Gasteiger partial charge in [-0.1, -0.05) is 144 Å². The predicted molar refractivity (Wildman–Crippen MR) is 228 cm³/mol. The molecule has 0 bridgehead atoms. The fraction of sp³-hybridized carbons (Fsp3) is 0.200. The highest BCUT2D eigenvalue weighted by atomic mass is 28.3. The molecule has 5 aromatic rings. The van der Waals surface area contributed by atoms with Gasteiger partial charge in [0.25, 0.3) is 0 Å². The summed E-state index contributed by atoms with van der Waals surface area (Å²) in [6.07, 6.45) is 24.9. The van der Waals surface area contributed by atoms with Crippen LogP contribution in [0.1, 0.15) is 54.7 Å². The van der Waals surface area contributed by atoms with Crippen LogP contribution in [0.4, 0.5) is 22.7 Å². The van der Waals surface area contributed by atoms with Crippen molar-refractivity contribution in [3.05, 3.63) is 204 Å². The Kier molecular flexibility index (Phi) is 8.97. The van der Waals surface area contributed by atoms with Gasteiger partial charge in [0.2, 0.25) is 0 Å². The van der Waals surface area contributed by atoms with Crippen LogP contribution in [0.25, 0.3) is 0 Å². The largest absolute Gasteiger partial charge is 0.337 e. The van der Waals surface area contributed by atoms with Gasteiger partial charge in [-0.05, 0) is 116 Å². The van der Waals surface area contributed by atoms with Crippen LogP contribution >= 0.6 is 0 Å². The Labute approximate surface area is 316 Å². The van der Waals surface area contributed by atoms with E-state index in [1.807, 2.05) is 0 Å². The quantitative estimate of drug-likeness (QED) is 0.117. The molecular weight excluding hydrogens is 657 g/mol. The van der Waals surface area contributed by atoms with E-state index in [9.17, 15) is 0 Å². The molecule has 3 aliphatic carbocycles. The van der Waals surface area contributed by atoms with Crippen molar-refractivity contribution in [1.82, 2.24) is 0 Å². The predicted octanol–water partition coefficient (Wildman–Crippen LogP) is 11.7. The van der Waals surface area contributed by atoms with Crippen molar-refractivity contribution in [2.45, 2.75) is 63.5 Å². The molecule has 0 N–H and O–H groups in total. The molecule has 3 heteroatoms. The highest BCUT2D eigenvalue weighted by Gasteiger charge is 2.51. The van der Waals surface area contributed by atoms with Crippen molar-refractivity contribution in [2.75, 3.05) is 9.80 Å². The molecular formula is C50H48N2Si. The lowest BCUT2D eigenvalue weighted by Crippen LogP contribution is -2.64. The third-order valence-electron chi connectivity index (χ3n) is 12.1. The second kappa shape index (κ2) is 14.2. The van der Waals surface area contributed by atoms with E-state index in [-0.39, 0.29) is 0 Å². The van der Waals surface area contributed by atoms with Gasteiger partial charge in [-0.25, -0.2) is 0 Å². The standard InChI is InChI=1S/C50H48N2Si/c1-37-22-26-40(27-23-37)51(41-28-24-38(2)25-29-41)42-30-32-45(33-31-42)53(43-16-8-4-9-17-43,44-18-10-5-11-19-44)46-34-35-50-48(36-46)47-20-12-13-21-49(47)52(50)39-14-6-3-7-15-39/h3-6,8-10,12-14,16-18,20-35,46,48,50H,7,11,15,19,36H2,1-2H3. The number of hydrogen-bond acceptors (Lipinski definition) is 2. The maximum absolute atomic E-state index is 2.67. The molecule has 0 radical (unpaired) electrons. The van der Waals surface area contributed by atoms with Crippen LogP contribution in [0, 0.1) is 13.8 Å². The van der Waals surface area contributed by atoms with E-state index in [2.05, 4.69) is 200 Å². The van der Waals surface area contributed by atoms with Crippen LogP contribution in [-0.4, -0.2) is 14.1 Å². The number of hydrogen-bond donors (Lipinski definition) is 0. The van der Waals surface area contributed by atoms with Gasteiger partial charge in [-0.15, -0.1) is 0 Å². The summed E-state index contributed by atoms with van der Waals surface area (Å²) in [4.78, 5) is 5.07. The lowest BCUT2D eigenvalue weighted by molar-refractivity contribution is 0.554. The number of rotatable bonds is 8. The molecule has 2 nitrogen and oxygen atoms in total. The minimum atomic E-state index is -2.56.